The van der Waals surface area contributed by atoms with Crippen molar-refractivity contribution in [2.45, 2.75) is 45.6 Å². The minimum Gasteiger partial charge on any atom is -0.378 e. The summed E-state index contributed by atoms with van der Waals surface area (Å²) in [6.07, 6.45) is 3.65. The van der Waals surface area contributed by atoms with Crippen molar-refractivity contribution >= 4 is 11.7 Å². The van der Waals surface area contributed by atoms with E-state index in [2.05, 4.69) is 35.8 Å². The zero-order valence-corrected chi connectivity index (χ0v) is 16.6. The number of ether oxygens (including phenoxy) is 1. The van der Waals surface area contributed by atoms with Gasteiger partial charge in [0.1, 0.15) is 0 Å². The van der Waals surface area contributed by atoms with E-state index in [1.54, 1.807) is 0 Å². The van der Waals surface area contributed by atoms with Crippen LogP contribution in [0.1, 0.15) is 45.7 Å². The number of ketones is 1. The van der Waals surface area contributed by atoms with Crippen LogP contribution in [0.5, 0.6) is 0 Å². The summed E-state index contributed by atoms with van der Waals surface area (Å²) in [5.41, 5.74) is 5.28. The van der Waals surface area contributed by atoms with E-state index in [0.717, 1.165) is 48.3 Å². The highest BCUT2D eigenvalue weighted by Gasteiger charge is 2.30. The third-order valence-electron chi connectivity index (χ3n) is 6.01. The fraction of sp³-hybridized carbons (Fsp3) is 0.478. The van der Waals surface area contributed by atoms with Gasteiger partial charge in [-0.05, 0) is 37.3 Å². The Morgan fingerprint density at radius 3 is 2.61 bits per heavy atom. The second-order valence-corrected chi connectivity index (χ2v) is 7.72. The lowest BCUT2D eigenvalue weighted by Gasteiger charge is -2.27. The molecule has 0 atom stereocenters. The van der Waals surface area contributed by atoms with Crippen molar-refractivity contribution in [3.05, 3.63) is 58.4 Å². The van der Waals surface area contributed by atoms with Gasteiger partial charge in [-0.3, -0.25) is 9.59 Å². The number of aromatic nitrogens is 1. The van der Waals surface area contributed by atoms with Crippen LogP contribution in [0.15, 0.2) is 30.3 Å². The molecule has 0 bridgehead atoms. The molecule has 28 heavy (non-hydrogen) atoms. The number of carbonyl (C=O) groups excluding carboxylic acids is 2. The first-order chi connectivity index (χ1) is 13.6. The molecule has 148 valence electrons. The lowest BCUT2D eigenvalue weighted by atomic mass is 9.92. The van der Waals surface area contributed by atoms with Gasteiger partial charge in [-0.2, -0.15) is 0 Å². The Labute approximate surface area is 166 Å². The first kappa shape index (κ1) is 18.9. The molecule has 5 nitrogen and oxygen atoms in total. The smallest absolute Gasteiger partial charge is 0.227 e. The molecular formula is C23H28N2O3. The quantitative estimate of drug-likeness (QED) is 0.801. The monoisotopic (exact) mass is 380 g/mol. The maximum Gasteiger partial charge on any atom is 0.227 e. The highest BCUT2D eigenvalue weighted by molar-refractivity contribution is 6.01. The van der Waals surface area contributed by atoms with Crippen molar-refractivity contribution in [3.63, 3.8) is 0 Å². The van der Waals surface area contributed by atoms with E-state index in [-0.39, 0.29) is 11.7 Å². The molecule has 4 rings (SSSR count). The van der Waals surface area contributed by atoms with Crippen molar-refractivity contribution in [1.29, 1.82) is 0 Å². The van der Waals surface area contributed by atoms with Crippen molar-refractivity contribution in [3.8, 4) is 0 Å². The summed E-state index contributed by atoms with van der Waals surface area (Å²) in [4.78, 5) is 27.5. The molecule has 1 fully saturated rings. The average Bonchev–Trinajstić information content (AvgIpc) is 3.00. The Hall–Kier alpha value is -2.40. The molecule has 1 aliphatic heterocycles. The highest BCUT2D eigenvalue weighted by atomic mass is 16.5. The van der Waals surface area contributed by atoms with Crippen molar-refractivity contribution in [1.82, 2.24) is 9.47 Å². The number of hydrogen-bond donors (Lipinski definition) is 0. The van der Waals surface area contributed by atoms with E-state index in [1.165, 1.54) is 5.56 Å². The lowest BCUT2D eigenvalue weighted by molar-refractivity contribution is -0.134. The molecule has 0 N–H and O–H groups in total. The molecule has 2 aliphatic rings. The number of nitrogens with zero attached hydrogens (tertiary/aromatic N) is 2. The number of amides is 1. The third kappa shape index (κ3) is 3.76. The average molecular weight is 380 g/mol. The van der Waals surface area contributed by atoms with Gasteiger partial charge >= 0.3 is 0 Å². The van der Waals surface area contributed by atoms with Crippen LogP contribution in [-0.4, -0.2) is 47.5 Å². The molecule has 1 aromatic carbocycles. The lowest BCUT2D eigenvalue weighted by Crippen LogP contribution is -2.41. The van der Waals surface area contributed by atoms with Crippen LogP contribution in [0.25, 0.3) is 0 Å². The van der Waals surface area contributed by atoms with Gasteiger partial charge < -0.3 is 14.2 Å². The van der Waals surface area contributed by atoms with Crippen LogP contribution in [0.4, 0.5) is 0 Å². The Morgan fingerprint density at radius 2 is 1.86 bits per heavy atom. The van der Waals surface area contributed by atoms with Crippen LogP contribution < -0.4 is 0 Å². The zero-order valence-electron chi connectivity index (χ0n) is 16.6. The van der Waals surface area contributed by atoms with E-state index >= 15 is 0 Å². The molecule has 2 heterocycles. The maximum absolute atomic E-state index is 12.9. The number of morpholine rings is 1. The first-order valence-electron chi connectivity index (χ1n) is 10.3. The predicted molar refractivity (Wildman–Crippen MR) is 108 cm³/mol. The molecule has 0 unspecified atom stereocenters. The molecule has 5 heteroatoms. The second kappa shape index (κ2) is 8.31. The van der Waals surface area contributed by atoms with Gasteiger partial charge in [-0.25, -0.2) is 0 Å². The standard InChI is InChI=1S/C23H28N2O3/c1-17-19(16-22(27)24-12-14-28-15-13-24)23-20(8-5-9-21(23)26)25(17)11-10-18-6-3-2-4-7-18/h2-4,6-7H,5,8-16H2,1H3. The van der Waals surface area contributed by atoms with Gasteiger partial charge in [-0.1, -0.05) is 30.3 Å². The Balaban J connectivity index is 1.61. The third-order valence-corrected chi connectivity index (χ3v) is 6.01. The van der Waals surface area contributed by atoms with Gasteiger partial charge in [0.2, 0.25) is 5.91 Å². The minimum atomic E-state index is 0.104. The van der Waals surface area contributed by atoms with Crippen molar-refractivity contribution < 1.29 is 14.3 Å². The Bertz CT molecular complexity index is 864. The number of Topliss-reactive ketones (excluding diaryl/α,β-unsaturated/α-hetero) is 1. The number of hydrogen-bond acceptors (Lipinski definition) is 3. The van der Waals surface area contributed by atoms with E-state index in [1.807, 2.05) is 11.0 Å². The Kier molecular flexibility index (Phi) is 5.62. The summed E-state index contributed by atoms with van der Waals surface area (Å²) >= 11 is 0. The summed E-state index contributed by atoms with van der Waals surface area (Å²) in [6.45, 7) is 5.39. The molecule has 1 amide bonds. The molecule has 0 radical (unpaired) electrons. The van der Waals surface area contributed by atoms with Crippen molar-refractivity contribution in [2.24, 2.45) is 0 Å². The predicted octanol–water partition coefficient (Wildman–Crippen LogP) is 2.96. The number of benzene rings is 1. The van der Waals surface area contributed by atoms with Crippen LogP contribution in [0, 0.1) is 6.92 Å². The Morgan fingerprint density at radius 1 is 1.11 bits per heavy atom. The molecule has 2 aromatic rings. The summed E-state index contributed by atoms with van der Waals surface area (Å²) in [6, 6.07) is 10.4. The maximum atomic E-state index is 12.9. The van der Waals surface area contributed by atoms with Gasteiger partial charge in [0.15, 0.2) is 5.78 Å². The van der Waals surface area contributed by atoms with Gasteiger partial charge in [0.25, 0.3) is 0 Å². The van der Waals surface area contributed by atoms with E-state index in [0.29, 0.717) is 39.1 Å². The van der Waals surface area contributed by atoms with Crippen LogP contribution in [0.3, 0.4) is 0 Å². The van der Waals surface area contributed by atoms with Crippen molar-refractivity contribution in [2.75, 3.05) is 26.3 Å². The number of carbonyl (C=O) groups is 2. The largest absolute Gasteiger partial charge is 0.378 e. The highest BCUT2D eigenvalue weighted by Crippen LogP contribution is 2.31. The van der Waals surface area contributed by atoms with Crippen LogP contribution in [0.2, 0.25) is 0 Å². The topological polar surface area (TPSA) is 51.5 Å². The minimum absolute atomic E-state index is 0.104. The normalized spacial score (nSPS) is 16.9. The van der Waals surface area contributed by atoms with Crippen LogP contribution in [-0.2, 0) is 35.3 Å². The van der Waals surface area contributed by atoms with Gasteiger partial charge in [0, 0.05) is 43.0 Å². The molecule has 1 aromatic heterocycles. The SMILES string of the molecule is Cc1c(CC(=O)N2CCOCC2)c2c(n1CCc1ccccc1)CCCC2=O. The summed E-state index contributed by atoms with van der Waals surface area (Å²) in [5.74, 6) is 0.306. The van der Waals surface area contributed by atoms with E-state index in [4.69, 9.17) is 4.74 Å². The zero-order chi connectivity index (χ0) is 19.5. The summed E-state index contributed by atoms with van der Waals surface area (Å²) < 4.78 is 7.65. The van der Waals surface area contributed by atoms with Gasteiger partial charge in [-0.15, -0.1) is 0 Å². The summed E-state index contributed by atoms with van der Waals surface area (Å²) in [7, 11) is 0. The molecule has 0 saturated carbocycles. The second-order valence-electron chi connectivity index (χ2n) is 7.72. The van der Waals surface area contributed by atoms with Gasteiger partial charge in [0.05, 0.1) is 19.6 Å². The number of aryl methyl sites for hydroxylation is 1. The molecule has 1 aliphatic carbocycles. The molecular weight excluding hydrogens is 352 g/mol. The fourth-order valence-electron chi connectivity index (χ4n) is 4.47. The number of rotatable bonds is 5. The summed E-state index contributed by atoms with van der Waals surface area (Å²) in [5, 5.41) is 0. The number of fused-ring (bicyclic) bond motifs is 1. The van der Waals surface area contributed by atoms with E-state index < -0.39 is 0 Å². The van der Waals surface area contributed by atoms with E-state index in [9.17, 15) is 9.59 Å². The molecule has 0 spiro atoms. The fourth-order valence-corrected chi connectivity index (χ4v) is 4.47. The first-order valence-corrected chi connectivity index (χ1v) is 10.3. The molecule has 1 saturated heterocycles. The van der Waals surface area contributed by atoms with Crippen LogP contribution >= 0.6 is 0 Å².